The second-order valence-corrected chi connectivity index (χ2v) is 8.73. The average molecular weight is 434 g/mol. The van der Waals surface area contributed by atoms with Crippen LogP contribution in [0, 0.1) is 0 Å². The zero-order valence-corrected chi connectivity index (χ0v) is 18.5. The van der Waals surface area contributed by atoms with Crippen molar-refractivity contribution >= 4 is 40.5 Å². The van der Waals surface area contributed by atoms with Crippen molar-refractivity contribution in [2.75, 3.05) is 45.2 Å². The minimum Gasteiger partial charge on any atom is -0.369 e. The summed E-state index contributed by atoms with van der Waals surface area (Å²) in [6, 6.07) is 12.4. The number of aliphatic imine (C=N–C) groups is 1. The van der Waals surface area contributed by atoms with Crippen LogP contribution >= 0.6 is 22.9 Å². The molecule has 1 atom stereocenters. The molecular formula is C21H28ClN5OS. The monoisotopic (exact) mass is 433 g/mol. The van der Waals surface area contributed by atoms with Gasteiger partial charge < -0.3 is 20.4 Å². The predicted molar refractivity (Wildman–Crippen MR) is 122 cm³/mol. The summed E-state index contributed by atoms with van der Waals surface area (Å²) in [6.07, 6.45) is 1.94. The van der Waals surface area contributed by atoms with Gasteiger partial charge in [-0.05, 0) is 48.6 Å². The van der Waals surface area contributed by atoms with Gasteiger partial charge in [0.1, 0.15) is 6.54 Å². The smallest absolute Gasteiger partial charge is 0.243 e. The van der Waals surface area contributed by atoms with Crippen LogP contribution < -0.4 is 15.5 Å². The third kappa shape index (κ3) is 6.65. The van der Waals surface area contributed by atoms with E-state index in [0.29, 0.717) is 5.96 Å². The Morgan fingerprint density at radius 1 is 1.31 bits per heavy atom. The van der Waals surface area contributed by atoms with Crippen molar-refractivity contribution in [3.8, 4) is 0 Å². The van der Waals surface area contributed by atoms with Gasteiger partial charge in [-0.1, -0.05) is 17.7 Å². The van der Waals surface area contributed by atoms with Gasteiger partial charge in [0.05, 0.1) is 0 Å². The van der Waals surface area contributed by atoms with Crippen LogP contribution in [0.25, 0.3) is 0 Å². The number of thiophene rings is 1. The van der Waals surface area contributed by atoms with E-state index >= 15 is 0 Å². The van der Waals surface area contributed by atoms with Crippen LogP contribution in [0.5, 0.6) is 0 Å². The summed E-state index contributed by atoms with van der Waals surface area (Å²) >= 11 is 7.75. The molecule has 3 rings (SSSR count). The molecule has 0 spiro atoms. The van der Waals surface area contributed by atoms with Gasteiger partial charge in [0.2, 0.25) is 5.91 Å². The zero-order valence-electron chi connectivity index (χ0n) is 16.9. The summed E-state index contributed by atoms with van der Waals surface area (Å²) in [5.74, 6) is 0.679. The topological polar surface area (TPSA) is 60.0 Å². The number of carbonyl (C=O) groups excluding carboxylic acids is 1. The fourth-order valence-electron chi connectivity index (χ4n) is 3.16. The molecule has 156 valence electrons. The number of carbonyl (C=O) groups is 1. The number of likely N-dealkylation sites (N-methyl/N-ethyl adjacent to an activating group) is 1. The van der Waals surface area contributed by atoms with E-state index in [1.54, 1.807) is 30.3 Å². The minimum atomic E-state index is -0.0152. The lowest BCUT2D eigenvalue weighted by Gasteiger charge is -2.21. The summed E-state index contributed by atoms with van der Waals surface area (Å²) in [4.78, 5) is 21.7. The van der Waals surface area contributed by atoms with Crippen molar-refractivity contribution in [2.45, 2.75) is 18.9 Å². The first-order chi connectivity index (χ1) is 14.0. The Hall–Kier alpha value is -2.25. The highest BCUT2D eigenvalue weighted by atomic mass is 35.5. The molecule has 1 aliphatic rings. The molecular weight excluding hydrogens is 406 g/mol. The number of nitrogens with zero attached hydrogens (tertiary/aromatic N) is 3. The first-order valence-corrected chi connectivity index (χ1v) is 11.0. The van der Waals surface area contributed by atoms with Crippen molar-refractivity contribution in [2.24, 2.45) is 4.99 Å². The molecule has 6 nitrogen and oxygen atoms in total. The first kappa shape index (κ1) is 21.5. The Morgan fingerprint density at radius 2 is 2.10 bits per heavy atom. The lowest BCUT2D eigenvalue weighted by molar-refractivity contribution is -0.127. The quantitative estimate of drug-likeness (QED) is 0.520. The number of hydrogen-bond acceptors (Lipinski definition) is 4. The van der Waals surface area contributed by atoms with E-state index in [2.05, 4.69) is 50.2 Å². The van der Waals surface area contributed by atoms with E-state index in [1.165, 1.54) is 10.6 Å². The van der Waals surface area contributed by atoms with Crippen molar-refractivity contribution < 1.29 is 4.79 Å². The van der Waals surface area contributed by atoms with Crippen LogP contribution in [0.4, 0.5) is 5.69 Å². The van der Waals surface area contributed by atoms with Crippen LogP contribution in [0.3, 0.4) is 0 Å². The van der Waals surface area contributed by atoms with Gasteiger partial charge >= 0.3 is 0 Å². The standard InChI is InChI=1S/C21H28ClN5OS/c1-26(2)20(28)14-24-21(23-11-9-19-4-3-13-29-19)25-17-10-12-27(15-17)18-7-5-16(22)6-8-18/h3-8,13,17H,9-12,14-15H2,1-2H3,(H2,23,24,25). The summed E-state index contributed by atoms with van der Waals surface area (Å²) < 4.78 is 0. The molecule has 29 heavy (non-hydrogen) atoms. The van der Waals surface area contributed by atoms with Crippen LogP contribution in [-0.2, 0) is 11.2 Å². The van der Waals surface area contributed by atoms with E-state index in [0.717, 1.165) is 37.5 Å². The number of guanidine groups is 1. The molecule has 1 aromatic carbocycles. The van der Waals surface area contributed by atoms with Gasteiger partial charge in [0, 0.05) is 55.4 Å². The van der Waals surface area contributed by atoms with Crippen molar-refractivity contribution in [1.82, 2.24) is 15.5 Å². The number of anilines is 1. The maximum absolute atomic E-state index is 12.0. The fourth-order valence-corrected chi connectivity index (χ4v) is 3.99. The molecule has 1 aromatic heterocycles. The third-order valence-electron chi connectivity index (χ3n) is 4.84. The zero-order chi connectivity index (χ0) is 20.6. The maximum atomic E-state index is 12.0. The average Bonchev–Trinajstić information content (AvgIpc) is 3.38. The summed E-state index contributed by atoms with van der Waals surface area (Å²) in [6.45, 7) is 2.76. The van der Waals surface area contributed by atoms with Gasteiger partial charge in [-0.25, -0.2) is 4.99 Å². The molecule has 1 fully saturated rings. The molecule has 2 aromatic rings. The van der Waals surface area contributed by atoms with Gasteiger partial charge in [-0.3, -0.25) is 4.79 Å². The Bertz CT molecular complexity index is 807. The maximum Gasteiger partial charge on any atom is 0.243 e. The van der Waals surface area contributed by atoms with Crippen molar-refractivity contribution in [1.29, 1.82) is 0 Å². The molecule has 1 aliphatic heterocycles. The molecule has 1 saturated heterocycles. The lowest BCUT2D eigenvalue weighted by Crippen LogP contribution is -2.45. The van der Waals surface area contributed by atoms with Gasteiger partial charge in [0.15, 0.2) is 5.96 Å². The Labute approximate surface area is 181 Å². The number of nitrogens with one attached hydrogen (secondary N) is 2. The van der Waals surface area contributed by atoms with E-state index in [9.17, 15) is 4.79 Å². The summed E-state index contributed by atoms with van der Waals surface area (Å²) in [5.41, 5.74) is 1.17. The highest BCUT2D eigenvalue weighted by Gasteiger charge is 2.23. The Kier molecular flexibility index (Phi) is 7.77. The molecule has 0 saturated carbocycles. The number of hydrogen-bond donors (Lipinski definition) is 2. The van der Waals surface area contributed by atoms with E-state index in [1.807, 2.05) is 12.1 Å². The SMILES string of the molecule is CN(C)C(=O)CN=C(NCCc1cccs1)NC1CCN(c2ccc(Cl)cc2)C1. The van der Waals surface area contributed by atoms with E-state index in [4.69, 9.17) is 11.6 Å². The van der Waals surface area contributed by atoms with Gasteiger partial charge in [-0.2, -0.15) is 0 Å². The first-order valence-electron chi connectivity index (χ1n) is 9.79. The van der Waals surface area contributed by atoms with E-state index < -0.39 is 0 Å². The second-order valence-electron chi connectivity index (χ2n) is 7.26. The number of benzene rings is 1. The number of halogens is 1. The van der Waals surface area contributed by atoms with Gasteiger partial charge in [0.25, 0.3) is 0 Å². The van der Waals surface area contributed by atoms with Crippen molar-refractivity contribution in [3.63, 3.8) is 0 Å². The Morgan fingerprint density at radius 3 is 2.79 bits per heavy atom. The van der Waals surface area contributed by atoms with Crippen LogP contribution in [0.15, 0.2) is 46.8 Å². The van der Waals surface area contributed by atoms with Crippen LogP contribution in [0.2, 0.25) is 5.02 Å². The molecule has 0 radical (unpaired) electrons. The fraction of sp³-hybridized carbons (Fsp3) is 0.429. The summed E-state index contributed by atoms with van der Waals surface area (Å²) in [7, 11) is 3.49. The highest BCUT2D eigenvalue weighted by Crippen LogP contribution is 2.22. The highest BCUT2D eigenvalue weighted by molar-refractivity contribution is 7.09. The summed E-state index contributed by atoms with van der Waals surface area (Å²) in [5, 5.41) is 9.72. The van der Waals surface area contributed by atoms with Gasteiger partial charge in [-0.15, -0.1) is 11.3 Å². The largest absolute Gasteiger partial charge is 0.369 e. The Balaban J connectivity index is 1.57. The van der Waals surface area contributed by atoms with Crippen LogP contribution in [-0.4, -0.2) is 63.1 Å². The molecule has 0 bridgehead atoms. The molecule has 0 aliphatic carbocycles. The van der Waals surface area contributed by atoms with Crippen molar-refractivity contribution in [3.05, 3.63) is 51.7 Å². The van der Waals surface area contributed by atoms with Crippen LogP contribution in [0.1, 0.15) is 11.3 Å². The second kappa shape index (κ2) is 10.5. The number of amides is 1. The molecule has 8 heteroatoms. The molecule has 1 unspecified atom stereocenters. The lowest BCUT2D eigenvalue weighted by atomic mass is 10.2. The number of rotatable bonds is 7. The molecule has 2 heterocycles. The molecule has 2 N–H and O–H groups in total. The normalized spacial score (nSPS) is 16.7. The third-order valence-corrected chi connectivity index (χ3v) is 6.02. The molecule has 1 amide bonds. The van der Waals surface area contributed by atoms with E-state index in [-0.39, 0.29) is 18.5 Å². The predicted octanol–water partition coefficient (Wildman–Crippen LogP) is 2.85. The minimum absolute atomic E-state index is 0.0152.